The number of rotatable bonds is 6. The Morgan fingerprint density at radius 2 is 2.33 bits per heavy atom. The molecule has 1 heterocycles. The summed E-state index contributed by atoms with van der Waals surface area (Å²) in [7, 11) is 1.61. The number of nitrogens with zero attached hydrogens (tertiary/aromatic N) is 2. The van der Waals surface area contributed by atoms with Gasteiger partial charge in [0.25, 0.3) is 0 Å². The number of hydrogen-bond donors (Lipinski definition) is 3. The van der Waals surface area contributed by atoms with Crippen LogP contribution in [0.2, 0.25) is 0 Å². The highest BCUT2D eigenvalue weighted by atomic mass is 32.2. The van der Waals surface area contributed by atoms with Crippen molar-refractivity contribution in [3.63, 3.8) is 0 Å². The molecule has 112 valence electrons. The summed E-state index contributed by atoms with van der Waals surface area (Å²) >= 11 is 1.52. The van der Waals surface area contributed by atoms with Gasteiger partial charge in [-0.05, 0) is 30.7 Å². The van der Waals surface area contributed by atoms with Gasteiger partial charge in [0.2, 0.25) is 0 Å². The number of nitrogens with one attached hydrogen (secondary N) is 3. The van der Waals surface area contributed by atoms with Crippen LogP contribution in [-0.4, -0.2) is 40.8 Å². The second-order valence-corrected chi connectivity index (χ2v) is 5.33. The van der Waals surface area contributed by atoms with Gasteiger partial charge in [-0.2, -0.15) is 10.3 Å². The normalized spacial score (nSPS) is 10.2. The van der Waals surface area contributed by atoms with E-state index in [4.69, 9.17) is 4.74 Å². The van der Waals surface area contributed by atoms with Crippen molar-refractivity contribution in [1.29, 1.82) is 0 Å². The molecule has 0 saturated carbocycles. The van der Waals surface area contributed by atoms with Crippen LogP contribution in [0.4, 0.5) is 10.5 Å². The first-order valence-corrected chi connectivity index (χ1v) is 7.35. The molecule has 7 nitrogen and oxygen atoms in total. The molecule has 0 saturated heterocycles. The molecule has 0 spiro atoms. The molecule has 0 atom stereocenters. The average Bonchev–Trinajstić information content (AvgIpc) is 2.99. The number of carbonyl (C=O) groups is 1. The van der Waals surface area contributed by atoms with Gasteiger partial charge in [0.15, 0.2) is 0 Å². The number of benzene rings is 1. The lowest BCUT2D eigenvalue weighted by molar-refractivity contribution is 0.252. The Balaban J connectivity index is 1.74. The van der Waals surface area contributed by atoms with Crippen LogP contribution in [0.5, 0.6) is 5.75 Å². The molecule has 1 aromatic heterocycles. The van der Waals surface area contributed by atoms with Gasteiger partial charge in [0.1, 0.15) is 10.8 Å². The Morgan fingerprint density at radius 1 is 1.48 bits per heavy atom. The Labute approximate surface area is 126 Å². The van der Waals surface area contributed by atoms with Gasteiger partial charge in [-0.1, -0.05) is 0 Å². The fourth-order valence-corrected chi connectivity index (χ4v) is 2.30. The van der Waals surface area contributed by atoms with Gasteiger partial charge in [-0.15, -0.1) is 16.9 Å². The zero-order valence-electron chi connectivity index (χ0n) is 11.8. The van der Waals surface area contributed by atoms with Gasteiger partial charge in [0.05, 0.1) is 13.3 Å². The maximum absolute atomic E-state index is 11.8. The third kappa shape index (κ3) is 4.67. The molecular formula is C13H17N5O2S. The number of carbonyl (C=O) groups excluding carboxylic acids is 1. The maximum Gasteiger partial charge on any atom is 0.319 e. The summed E-state index contributed by atoms with van der Waals surface area (Å²) in [6.07, 6.45) is 1.64. The van der Waals surface area contributed by atoms with Gasteiger partial charge in [-0.3, -0.25) is 0 Å². The molecule has 3 N–H and O–H groups in total. The van der Waals surface area contributed by atoms with Crippen molar-refractivity contribution >= 4 is 23.5 Å². The van der Waals surface area contributed by atoms with Crippen LogP contribution in [0.3, 0.4) is 0 Å². The van der Waals surface area contributed by atoms with E-state index in [2.05, 4.69) is 26.0 Å². The third-order valence-electron chi connectivity index (χ3n) is 2.71. The molecule has 0 aliphatic carbocycles. The number of urea groups is 1. The summed E-state index contributed by atoms with van der Waals surface area (Å²) in [6.45, 7) is 2.46. The van der Waals surface area contributed by atoms with Crippen molar-refractivity contribution < 1.29 is 9.53 Å². The second-order valence-electron chi connectivity index (χ2n) is 4.22. The molecule has 0 radical (unpaired) electrons. The van der Waals surface area contributed by atoms with Crippen molar-refractivity contribution in [3.8, 4) is 5.75 Å². The quantitative estimate of drug-likeness (QED) is 0.561. The van der Waals surface area contributed by atoms with Crippen LogP contribution in [-0.2, 0) is 0 Å². The minimum atomic E-state index is -0.232. The summed E-state index contributed by atoms with van der Waals surface area (Å²) in [5, 5.41) is 16.6. The van der Waals surface area contributed by atoms with Crippen LogP contribution in [0, 0.1) is 6.92 Å². The topological polar surface area (TPSA) is 91.9 Å². The monoisotopic (exact) mass is 307 g/mol. The molecule has 0 unspecified atom stereocenters. The summed E-state index contributed by atoms with van der Waals surface area (Å²) in [6, 6.07) is 5.26. The molecule has 0 aliphatic heterocycles. The first-order valence-electron chi connectivity index (χ1n) is 6.37. The summed E-state index contributed by atoms with van der Waals surface area (Å²) < 4.78 is 5.13. The van der Waals surface area contributed by atoms with Gasteiger partial charge in [0, 0.05) is 18.0 Å². The third-order valence-corrected chi connectivity index (χ3v) is 3.61. The minimum Gasteiger partial charge on any atom is -0.497 e. The van der Waals surface area contributed by atoms with Crippen LogP contribution in [0.15, 0.2) is 29.4 Å². The van der Waals surface area contributed by atoms with Crippen LogP contribution >= 0.6 is 11.8 Å². The molecule has 21 heavy (non-hydrogen) atoms. The summed E-state index contributed by atoms with van der Waals surface area (Å²) in [5.74, 6) is 1.49. The Kier molecular flexibility index (Phi) is 5.44. The van der Waals surface area contributed by atoms with Crippen LogP contribution < -0.4 is 15.4 Å². The van der Waals surface area contributed by atoms with Crippen LogP contribution in [0.25, 0.3) is 0 Å². The standard InChI is InChI=1S/C13H17N5O2S/c1-9-7-10(20-2)3-4-11(9)16-13(19)14-5-6-21-12-8-15-18-17-12/h3-4,7-8H,5-6H2,1-2H3,(H2,14,16,19)(H,15,17,18). The van der Waals surface area contributed by atoms with E-state index >= 15 is 0 Å². The van der Waals surface area contributed by atoms with Gasteiger partial charge in [-0.25, -0.2) is 4.79 Å². The number of methoxy groups -OCH3 is 1. The molecule has 1 aromatic carbocycles. The largest absolute Gasteiger partial charge is 0.497 e. The minimum absolute atomic E-state index is 0.232. The van der Waals surface area contributed by atoms with E-state index in [1.54, 1.807) is 13.3 Å². The number of amides is 2. The summed E-state index contributed by atoms with van der Waals surface area (Å²) in [4.78, 5) is 11.8. The number of anilines is 1. The first kappa shape index (κ1) is 15.2. The van der Waals surface area contributed by atoms with Crippen LogP contribution in [0.1, 0.15) is 5.56 Å². The van der Waals surface area contributed by atoms with Crippen molar-refractivity contribution in [2.24, 2.45) is 0 Å². The predicted octanol–water partition coefficient (Wildman–Crippen LogP) is 2.04. The van der Waals surface area contributed by atoms with Gasteiger partial charge < -0.3 is 15.4 Å². The number of aromatic nitrogens is 3. The highest BCUT2D eigenvalue weighted by molar-refractivity contribution is 7.99. The molecule has 2 aromatic rings. The highest BCUT2D eigenvalue weighted by Gasteiger charge is 2.05. The first-order chi connectivity index (χ1) is 10.2. The van der Waals surface area contributed by atoms with E-state index in [1.165, 1.54) is 11.8 Å². The zero-order valence-corrected chi connectivity index (χ0v) is 12.7. The second kappa shape index (κ2) is 7.53. The van der Waals surface area contributed by atoms with E-state index in [9.17, 15) is 4.79 Å². The van der Waals surface area contributed by atoms with Crippen molar-refractivity contribution in [2.45, 2.75) is 11.9 Å². The van der Waals surface area contributed by atoms with E-state index in [-0.39, 0.29) is 6.03 Å². The smallest absolute Gasteiger partial charge is 0.319 e. The molecule has 2 rings (SSSR count). The van der Waals surface area contributed by atoms with Crippen molar-refractivity contribution in [1.82, 2.24) is 20.7 Å². The summed E-state index contributed by atoms with van der Waals surface area (Å²) in [5.41, 5.74) is 1.71. The molecule has 0 aliphatic rings. The number of H-pyrrole nitrogens is 1. The lowest BCUT2D eigenvalue weighted by Crippen LogP contribution is -2.30. The fraction of sp³-hybridized carbons (Fsp3) is 0.308. The maximum atomic E-state index is 11.8. The number of aromatic amines is 1. The van der Waals surface area contributed by atoms with E-state index in [0.29, 0.717) is 6.54 Å². The number of hydrogen-bond acceptors (Lipinski definition) is 5. The molecule has 2 amide bonds. The molecule has 0 bridgehead atoms. The van der Waals surface area contributed by atoms with Crippen molar-refractivity contribution in [3.05, 3.63) is 30.0 Å². The lowest BCUT2D eigenvalue weighted by Gasteiger charge is -2.10. The highest BCUT2D eigenvalue weighted by Crippen LogP contribution is 2.20. The number of thioether (sulfide) groups is 1. The Bertz CT molecular complexity index is 588. The molecule has 8 heteroatoms. The average molecular weight is 307 g/mol. The molecule has 0 fully saturated rings. The van der Waals surface area contributed by atoms with E-state index in [0.717, 1.165) is 27.8 Å². The van der Waals surface area contributed by atoms with E-state index < -0.39 is 0 Å². The lowest BCUT2D eigenvalue weighted by atomic mass is 10.2. The number of ether oxygens (including phenoxy) is 1. The van der Waals surface area contributed by atoms with Crippen molar-refractivity contribution in [2.75, 3.05) is 24.7 Å². The Hall–Kier alpha value is -2.22. The zero-order chi connectivity index (χ0) is 15.1. The van der Waals surface area contributed by atoms with Gasteiger partial charge >= 0.3 is 6.03 Å². The number of aryl methyl sites for hydroxylation is 1. The SMILES string of the molecule is COc1ccc(NC(=O)NCCSc2cn[nH]n2)c(C)c1. The molecular weight excluding hydrogens is 290 g/mol. The van der Waals surface area contributed by atoms with E-state index in [1.807, 2.05) is 25.1 Å². The predicted molar refractivity (Wildman–Crippen MR) is 81.9 cm³/mol. The fourth-order valence-electron chi connectivity index (χ4n) is 1.65. The Morgan fingerprint density at radius 3 is 3.00 bits per heavy atom.